The maximum Gasteiger partial charge on any atom is 0.235 e. The SMILES string of the molecule is Cc1c2cc[n+](C)cc2c(C)c2c3c([nH]c12)C=CC(=O)C3=O. The minimum Gasteiger partial charge on any atom is -0.354 e. The minimum atomic E-state index is -0.454. The number of nitrogens with one attached hydrogen (secondary N) is 1. The number of carbonyl (C=O) groups is 2. The predicted molar refractivity (Wildman–Crippen MR) is 84.8 cm³/mol. The molecule has 1 aliphatic carbocycles. The lowest BCUT2D eigenvalue weighted by molar-refractivity contribution is -0.670. The Balaban J connectivity index is 2.27. The maximum absolute atomic E-state index is 12.3. The number of Topliss-reactive ketones (excluding diaryl/α,β-unsaturated/α-hetero) is 1. The fraction of sp³-hybridized carbons (Fsp3) is 0.167. The zero-order chi connectivity index (χ0) is 15.6. The van der Waals surface area contributed by atoms with Gasteiger partial charge in [-0.25, -0.2) is 4.57 Å². The van der Waals surface area contributed by atoms with Gasteiger partial charge in [0, 0.05) is 16.8 Å². The molecule has 4 rings (SSSR count). The van der Waals surface area contributed by atoms with Crippen molar-refractivity contribution in [1.82, 2.24) is 4.98 Å². The fourth-order valence-electron chi connectivity index (χ4n) is 3.39. The Kier molecular flexibility index (Phi) is 2.43. The van der Waals surface area contributed by atoms with E-state index in [0.29, 0.717) is 5.56 Å². The van der Waals surface area contributed by atoms with E-state index in [4.69, 9.17) is 0 Å². The molecule has 0 atom stereocenters. The zero-order valence-electron chi connectivity index (χ0n) is 12.7. The van der Waals surface area contributed by atoms with Gasteiger partial charge in [-0.3, -0.25) is 9.59 Å². The Morgan fingerprint density at radius 3 is 2.59 bits per heavy atom. The van der Waals surface area contributed by atoms with Gasteiger partial charge in [0.2, 0.25) is 11.6 Å². The van der Waals surface area contributed by atoms with Gasteiger partial charge in [-0.15, -0.1) is 0 Å². The van der Waals surface area contributed by atoms with E-state index in [-0.39, 0.29) is 0 Å². The lowest BCUT2D eigenvalue weighted by atomic mass is 9.92. The van der Waals surface area contributed by atoms with Crippen LogP contribution in [0.5, 0.6) is 0 Å². The second-order valence-corrected chi connectivity index (χ2v) is 5.88. The Morgan fingerprint density at radius 1 is 1.05 bits per heavy atom. The summed E-state index contributed by atoms with van der Waals surface area (Å²) in [6.07, 6.45) is 7.10. The topological polar surface area (TPSA) is 53.8 Å². The molecule has 0 unspecified atom stereocenters. The molecule has 0 radical (unpaired) electrons. The minimum absolute atomic E-state index is 0.425. The highest BCUT2D eigenvalue weighted by molar-refractivity contribution is 6.52. The molecule has 2 aromatic heterocycles. The van der Waals surface area contributed by atoms with E-state index in [1.54, 1.807) is 6.08 Å². The van der Waals surface area contributed by atoms with Crippen molar-refractivity contribution in [2.45, 2.75) is 13.8 Å². The molecule has 1 N–H and O–H groups in total. The first-order valence-corrected chi connectivity index (χ1v) is 7.19. The normalized spacial score (nSPS) is 14.1. The van der Waals surface area contributed by atoms with Crippen LogP contribution in [0.4, 0.5) is 0 Å². The number of fused-ring (bicyclic) bond motifs is 4. The smallest absolute Gasteiger partial charge is 0.235 e. The molecule has 0 fully saturated rings. The molecule has 0 saturated carbocycles. The molecular formula is C18H15N2O2+. The maximum atomic E-state index is 12.3. The number of hydrogen-bond acceptors (Lipinski definition) is 2. The number of nitrogens with zero attached hydrogens (tertiary/aromatic N) is 1. The Hall–Kier alpha value is -2.75. The van der Waals surface area contributed by atoms with Crippen molar-refractivity contribution in [2.24, 2.45) is 7.05 Å². The summed E-state index contributed by atoms with van der Waals surface area (Å²) in [4.78, 5) is 27.4. The van der Waals surface area contributed by atoms with Crippen molar-refractivity contribution in [3.05, 3.63) is 46.9 Å². The van der Waals surface area contributed by atoms with Gasteiger partial charge in [0.1, 0.15) is 7.05 Å². The molecule has 0 saturated heterocycles. The molecule has 1 aliphatic rings. The van der Waals surface area contributed by atoms with Crippen LogP contribution in [0, 0.1) is 13.8 Å². The number of carbonyl (C=O) groups excluding carboxylic acids is 2. The van der Waals surface area contributed by atoms with E-state index < -0.39 is 11.6 Å². The molecule has 0 spiro atoms. The lowest BCUT2D eigenvalue weighted by Crippen LogP contribution is -2.26. The highest BCUT2D eigenvalue weighted by Crippen LogP contribution is 2.36. The van der Waals surface area contributed by atoms with Gasteiger partial charge in [-0.05, 0) is 42.5 Å². The summed E-state index contributed by atoms with van der Waals surface area (Å²) >= 11 is 0. The summed E-state index contributed by atoms with van der Waals surface area (Å²) < 4.78 is 1.99. The number of H-pyrrole nitrogens is 1. The van der Waals surface area contributed by atoms with Gasteiger partial charge in [-0.2, -0.15) is 0 Å². The van der Waals surface area contributed by atoms with Gasteiger partial charge in [-0.1, -0.05) is 0 Å². The third-order valence-corrected chi connectivity index (χ3v) is 4.54. The third-order valence-electron chi connectivity index (χ3n) is 4.54. The number of ketones is 2. The van der Waals surface area contributed by atoms with Crippen molar-refractivity contribution in [2.75, 3.05) is 0 Å². The van der Waals surface area contributed by atoms with Gasteiger partial charge >= 0.3 is 0 Å². The van der Waals surface area contributed by atoms with Crippen LogP contribution in [0.1, 0.15) is 27.2 Å². The second-order valence-electron chi connectivity index (χ2n) is 5.88. The molecule has 108 valence electrons. The molecule has 0 bridgehead atoms. The quantitative estimate of drug-likeness (QED) is 0.511. The highest BCUT2D eigenvalue weighted by atomic mass is 16.2. The molecule has 2 heterocycles. The van der Waals surface area contributed by atoms with Crippen LogP contribution >= 0.6 is 0 Å². The van der Waals surface area contributed by atoms with E-state index in [1.165, 1.54) is 6.08 Å². The second kappa shape index (κ2) is 4.13. The average molecular weight is 291 g/mol. The van der Waals surface area contributed by atoms with Gasteiger partial charge in [0.25, 0.3) is 0 Å². The van der Waals surface area contributed by atoms with E-state index in [1.807, 2.05) is 31.7 Å². The van der Waals surface area contributed by atoms with E-state index in [9.17, 15) is 9.59 Å². The summed E-state index contributed by atoms with van der Waals surface area (Å²) in [7, 11) is 1.97. The lowest BCUT2D eigenvalue weighted by Gasteiger charge is -2.09. The number of pyridine rings is 1. The number of benzene rings is 1. The summed E-state index contributed by atoms with van der Waals surface area (Å²) in [6, 6.07) is 2.08. The summed E-state index contributed by atoms with van der Waals surface area (Å²) in [5.74, 6) is -0.880. The van der Waals surface area contributed by atoms with E-state index >= 15 is 0 Å². The van der Waals surface area contributed by atoms with Gasteiger partial charge in [0.05, 0.1) is 16.8 Å². The van der Waals surface area contributed by atoms with Crippen molar-refractivity contribution in [1.29, 1.82) is 0 Å². The molecule has 3 aromatic rings. The zero-order valence-corrected chi connectivity index (χ0v) is 12.7. The van der Waals surface area contributed by atoms with Crippen LogP contribution in [-0.2, 0) is 11.8 Å². The van der Waals surface area contributed by atoms with Crippen LogP contribution in [0.2, 0.25) is 0 Å². The van der Waals surface area contributed by atoms with Crippen molar-refractivity contribution >= 4 is 39.3 Å². The summed E-state index contributed by atoms with van der Waals surface area (Å²) in [5.41, 5.74) is 4.30. The van der Waals surface area contributed by atoms with Crippen LogP contribution in [-0.4, -0.2) is 16.6 Å². The van der Waals surface area contributed by atoms with E-state index in [0.717, 1.165) is 38.5 Å². The summed E-state index contributed by atoms with van der Waals surface area (Å²) in [6.45, 7) is 4.05. The molecule has 0 aliphatic heterocycles. The number of hydrogen-bond donors (Lipinski definition) is 1. The van der Waals surface area contributed by atoms with Crippen molar-refractivity contribution < 1.29 is 14.2 Å². The molecule has 4 nitrogen and oxygen atoms in total. The summed E-state index contributed by atoms with van der Waals surface area (Å²) in [5, 5.41) is 3.13. The number of rotatable bonds is 0. The Labute approximate surface area is 127 Å². The predicted octanol–water partition coefficient (Wildman–Crippen LogP) is 2.54. The molecule has 4 heteroatoms. The number of aromatic amines is 1. The number of aryl methyl sites for hydroxylation is 3. The average Bonchev–Trinajstić information content (AvgIpc) is 2.89. The van der Waals surface area contributed by atoms with Crippen LogP contribution in [0.15, 0.2) is 24.5 Å². The van der Waals surface area contributed by atoms with Crippen LogP contribution < -0.4 is 4.57 Å². The molecule has 0 amide bonds. The third kappa shape index (κ3) is 1.49. The van der Waals surface area contributed by atoms with Gasteiger partial charge < -0.3 is 4.98 Å². The molecule has 22 heavy (non-hydrogen) atoms. The van der Waals surface area contributed by atoms with Crippen LogP contribution in [0.3, 0.4) is 0 Å². The fourth-order valence-corrected chi connectivity index (χ4v) is 3.39. The van der Waals surface area contributed by atoms with Crippen molar-refractivity contribution in [3.63, 3.8) is 0 Å². The first kappa shape index (κ1) is 13.0. The number of allylic oxidation sites excluding steroid dienone is 1. The van der Waals surface area contributed by atoms with Crippen LogP contribution in [0.25, 0.3) is 27.8 Å². The van der Waals surface area contributed by atoms with E-state index in [2.05, 4.69) is 17.2 Å². The highest BCUT2D eigenvalue weighted by Gasteiger charge is 2.28. The first-order valence-electron chi connectivity index (χ1n) is 7.19. The Morgan fingerprint density at radius 2 is 1.82 bits per heavy atom. The molecular weight excluding hydrogens is 276 g/mol. The Bertz CT molecular complexity index is 1040. The first-order chi connectivity index (χ1) is 10.5. The monoisotopic (exact) mass is 291 g/mol. The standard InChI is InChI=1S/C18H14N2O2/c1-9-12-8-20(3)7-6-11(12)10(2)17-15(9)16-13(19-17)4-5-14(21)18(16)22/h4-8H,1-3H3/p+1. The molecule has 1 aromatic carbocycles. The van der Waals surface area contributed by atoms with Crippen molar-refractivity contribution in [3.8, 4) is 0 Å². The number of aromatic nitrogens is 2. The largest absolute Gasteiger partial charge is 0.354 e. The van der Waals surface area contributed by atoms with Gasteiger partial charge in [0.15, 0.2) is 12.4 Å².